The summed E-state index contributed by atoms with van der Waals surface area (Å²) >= 11 is 0. The van der Waals surface area contributed by atoms with E-state index in [2.05, 4.69) is 27.4 Å². The second kappa shape index (κ2) is 9.68. The predicted octanol–water partition coefficient (Wildman–Crippen LogP) is 2.39. The van der Waals surface area contributed by atoms with E-state index < -0.39 is 0 Å². The molecular formula is C16H21BrN4O2. The molecule has 1 heterocycles. The van der Waals surface area contributed by atoms with Crippen LogP contribution in [0.15, 0.2) is 47.0 Å². The Morgan fingerprint density at radius 1 is 1.35 bits per heavy atom. The number of benzene rings is 1. The summed E-state index contributed by atoms with van der Waals surface area (Å²) in [5, 5.41) is 7.31. The standard InChI is InChI=1S/C16H20N4O2.BrH/c1-4-13(19-20-16-17-9-10-18-16)7-5-12-6-8-14(21-2)15(11-12)22-3;/h4-8,11H,1,9-10H2,2-3H3,(H2,17,18,20);1H. The Hall–Kier alpha value is -2.28. The van der Waals surface area contributed by atoms with Crippen molar-refractivity contribution in [2.45, 2.75) is 0 Å². The van der Waals surface area contributed by atoms with Crippen LogP contribution in [0.2, 0.25) is 0 Å². The van der Waals surface area contributed by atoms with Gasteiger partial charge in [0.05, 0.1) is 26.5 Å². The minimum Gasteiger partial charge on any atom is -0.493 e. The fourth-order valence-electron chi connectivity index (χ4n) is 1.88. The van der Waals surface area contributed by atoms with Crippen molar-refractivity contribution < 1.29 is 9.47 Å². The summed E-state index contributed by atoms with van der Waals surface area (Å²) in [6, 6.07) is 5.69. The molecule has 23 heavy (non-hydrogen) atoms. The maximum atomic E-state index is 5.28. The Morgan fingerprint density at radius 2 is 2.13 bits per heavy atom. The maximum absolute atomic E-state index is 5.28. The van der Waals surface area contributed by atoms with E-state index in [1.165, 1.54) is 0 Å². The van der Waals surface area contributed by atoms with E-state index in [1.54, 1.807) is 20.3 Å². The van der Waals surface area contributed by atoms with E-state index in [0.717, 1.165) is 18.7 Å². The van der Waals surface area contributed by atoms with Gasteiger partial charge < -0.3 is 14.8 Å². The molecule has 0 aliphatic carbocycles. The van der Waals surface area contributed by atoms with Crippen molar-refractivity contribution in [3.05, 3.63) is 42.5 Å². The van der Waals surface area contributed by atoms with Crippen LogP contribution in [0.4, 0.5) is 0 Å². The van der Waals surface area contributed by atoms with E-state index in [4.69, 9.17) is 9.47 Å². The summed E-state index contributed by atoms with van der Waals surface area (Å²) in [6.07, 6.45) is 5.45. The molecule has 0 aromatic heterocycles. The van der Waals surface area contributed by atoms with Gasteiger partial charge in [-0.25, -0.2) is 10.4 Å². The largest absolute Gasteiger partial charge is 0.493 e. The van der Waals surface area contributed by atoms with Crippen LogP contribution in [0.5, 0.6) is 11.5 Å². The summed E-state index contributed by atoms with van der Waals surface area (Å²) in [4.78, 5) is 4.20. The summed E-state index contributed by atoms with van der Waals surface area (Å²) in [5.41, 5.74) is 4.54. The third-order valence-corrected chi connectivity index (χ3v) is 3.03. The first-order chi connectivity index (χ1) is 10.8. The molecule has 0 bridgehead atoms. The van der Waals surface area contributed by atoms with Gasteiger partial charge in [0.15, 0.2) is 11.5 Å². The summed E-state index contributed by atoms with van der Waals surface area (Å²) in [7, 11) is 3.22. The average molecular weight is 381 g/mol. The van der Waals surface area contributed by atoms with Crippen LogP contribution in [0.1, 0.15) is 5.56 Å². The number of hydrogen-bond acceptors (Lipinski definition) is 6. The third kappa shape index (κ3) is 5.45. The molecule has 1 aliphatic rings. The van der Waals surface area contributed by atoms with E-state index in [1.807, 2.05) is 30.4 Å². The molecular weight excluding hydrogens is 360 g/mol. The quantitative estimate of drug-likeness (QED) is 0.587. The number of nitrogens with zero attached hydrogens (tertiary/aromatic N) is 2. The molecule has 0 radical (unpaired) electrons. The lowest BCUT2D eigenvalue weighted by Gasteiger charge is -2.07. The SMILES string of the molecule is Br.C=CC(C=Cc1ccc(OC)c(OC)c1)=NNC1=NCCN1. The molecule has 1 aromatic carbocycles. The predicted molar refractivity (Wildman–Crippen MR) is 100.0 cm³/mol. The number of hydrogen-bond donors (Lipinski definition) is 2. The van der Waals surface area contributed by atoms with Crippen LogP contribution in [0, 0.1) is 0 Å². The second-order valence-electron chi connectivity index (χ2n) is 4.46. The smallest absolute Gasteiger partial charge is 0.212 e. The number of hydrazone groups is 1. The van der Waals surface area contributed by atoms with Crippen LogP contribution in [-0.4, -0.2) is 39.0 Å². The molecule has 1 aliphatic heterocycles. The minimum atomic E-state index is 0. The fourth-order valence-corrected chi connectivity index (χ4v) is 1.88. The number of guanidine groups is 1. The van der Waals surface area contributed by atoms with Crippen LogP contribution < -0.4 is 20.2 Å². The Labute approximate surface area is 146 Å². The number of nitrogens with one attached hydrogen (secondary N) is 2. The highest BCUT2D eigenvalue weighted by molar-refractivity contribution is 8.93. The van der Waals surface area contributed by atoms with Crippen molar-refractivity contribution in [2.75, 3.05) is 27.3 Å². The lowest BCUT2D eigenvalue weighted by molar-refractivity contribution is 0.355. The van der Waals surface area contributed by atoms with Crippen LogP contribution >= 0.6 is 17.0 Å². The van der Waals surface area contributed by atoms with Gasteiger partial charge in [-0.2, -0.15) is 5.10 Å². The highest BCUT2D eigenvalue weighted by Gasteiger charge is 2.03. The number of methoxy groups -OCH3 is 2. The first kappa shape index (κ1) is 18.8. The zero-order chi connectivity index (χ0) is 15.8. The van der Waals surface area contributed by atoms with Crippen molar-refractivity contribution >= 4 is 34.7 Å². The molecule has 124 valence electrons. The van der Waals surface area contributed by atoms with Crippen molar-refractivity contribution in [3.8, 4) is 11.5 Å². The molecule has 1 aromatic rings. The summed E-state index contributed by atoms with van der Waals surface area (Å²) < 4.78 is 10.5. The van der Waals surface area contributed by atoms with Crippen LogP contribution in [0.3, 0.4) is 0 Å². The van der Waals surface area contributed by atoms with Crippen molar-refractivity contribution in [1.29, 1.82) is 0 Å². The summed E-state index contributed by atoms with van der Waals surface area (Å²) in [5.74, 6) is 2.06. The lowest BCUT2D eigenvalue weighted by atomic mass is 10.1. The number of allylic oxidation sites excluding steroid dienone is 2. The first-order valence-electron chi connectivity index (χ1n) is 6.91. The number of aliphatic imine (C=N–C) groups is 1. The Balaban J connectivity index is 0.00000264. The van der Waals surface area contributed by atoms with E-state index >= 15 is 0 Å². The van der Waals surface area contributed by atoms with Gasteiger partial charge in [0.2, 0.25) is 5.96 Å². The van der Waals surface area contributed by atoms with Crippen LogP contribution in [-0.2, 0) is 0 Å². The third-order valence-electron chi connectivity index (χ3n) is 3.03. The molecule has 0 fully saturated rings. The first-order valence-corrected chi connectivity index (χ1v) is 6.91. The molecule has 2 N–H and O–H groups in total. The second-order valence-corrected chi connectivity index (χ2v) is 4.46. The molecule has 0 spiro atoms. The van der Waals surface area contributed by atoms with Gasteiger partial charge in [-0.05, 0) is 29.8 Å². The van der Waals surface area contributed by atoms with Gasteiger partial charge in [0.25, 0.3) is 0 Å². The van der Waals surface area contributed by atoms with Gasteiger partial charge in [0.1, 0.15) is 0 Å². The van der Waals surface area contributed by atoms with E-state index in [-0.39, 0.29) is 17.0 Å². The van der Waals surface area contributed by atoms with Crippen molar-refractivity contribution in [1.82, 2.24) is 10.7 Å². The Kier molecular flexibility index (Phi) is 7.90. The zero-order valence-corrected chi connectivity index (χ0v) is 14.9. The van der Waals surface area contributed by atoms with Gasteiger partial charge in [-0.1, -0.05) is 18.7 Å². The molecule has 0 unspecified atom stereocenters. The fraction of sp³-hybridized carbons (Fsp3) is 0.250. The highest BCUT2D eigenvalue weighted by Crippen LogP contribution is 2.27. The topological polar surface area (TPSA) is 67.2 Å². The number of halogens is 1. The zero-order valence-electron chi connectivity index (χ0n) is 13.2. The van der Waals surface area contributed by atoms with Gasteiger partial charge in [-0.15, -0.1) is 17.0 Å². The molecule has 0 saturated carbocycles. The molecule has 6 nitrogen and oxygen atoms in total. The monoisotopic (exact) mass is 380 g/mol. The molecule has 0 atom stereocenters. The summed E-state index contributed by atoms with van der Waals surface area (Å²) in [6.45, 7) is 5.36. The average Bonchev–Trinajstić information content (AvgIpc) is 3.08. The highest BCUT2D eigenvalue weighted by atomic mass is 79.9. The van der Waals surface area contributed by atoms with E-state index in [9.17, 15) is 0 Å². The van der Waals surface area contributed by atoms with E-state index in [0.29, 0.717) is 23.2 Å². The number of ether oxygens (including phenoxy) is 2. The number of rotatable bonds is 6. The van der Waals surface area contributed by atoms with Crippen molar-refractivity contribution in [2.24, 2.45) is 10.1 Å². The molecule has 0 saturated heterocycles. The van der Waals surface area contributed by atoms with Crippen LogP contribution in [0.25, 0.3) is 6.08 Å². The van der Waals surface area contributed by atoms with Gasteiger partial charge >= 0.3 is 0 Å². The Bertz CT molecular complexity index is 627. The molecule has 2 rings (SSSR count). The Morgan fingerprint density at radius 3 is 2.74 bits per heavy atom. The van der Waals surface area contributed by atoms with Gasteiger partial charge in [0, 0.05) is 6.54 Å². The van der Waals surface area contributed by atoms with Gasteiger partial charge in [-0.3, -0.25) is 0 Å². The normalized spacial score (nSPS) is 13.8. The maximum Gasteiger partial charge on any atom is 0.212 e. The molecule has 0 amide bonds. The minimum absolute atomic E-state index is 0. The van der Waals surface area contributed by atoms with Crippen molar-refractivity contribution in [3.63, 3.8) is 0 Å². The molecule has 7 heteroatoms. The lowest BCUT2D eigenvalue weighted by Crippen LogP contribution is -2.30.